The van der Waals surface area contributed by atoms with Gasteiger partial charge in [-0.05, 0) is 156 Å². The minimum absolute atomic E-state index is 0. The van der Waals surface area contributed by atoms with Crippen molar-refractivity contribution in [2.75, 3.05) is 0 Å². The Hall–Kier alpha value is -6.14. The molecule has 0 unspecified atom stereocenters. The van der Waals surface area contributed by atoms with E-state index < -0.39 is 0 Å². The molecule has 8 heteroatoms. The number of fused-ring (bicyclic) bond motifs is 5. The van der Waals surface area contributed by atoms with Gasteiger partial charge in [0.25, 0.3) is 0 Å². The average Bonchev–Trinajstić information content (AvgIpc) is 1.58. The number of hydrogen-bond donors (Lipinski definition) is 2. The van der Waals surface area contributed by atoms with Crippen LogP contribution in [0.3, 0.4) is 0 Å². The van der Waals surface area contributed by atoms with E-state index in [4.69, 9.17) is 9.97 Å². The number of aryl methyl sites for hydroxylation is 4. The van der Waals surface area contributed by atoms with Crippen molar-refractivity contribution >= 4 is 33.4 Å². The van der Waals surface area contributed by atoms with Crippen LogP contribution in [0, 0.1) is 73.3 Å². The molecule has 6 nitrogen and oxygen atoms in total. The number of aromatic nitrogens is 2. The smallest absolute Gasteiger partial charge is 0.164 e. The second-order valence-corrected chi connectivity index (χ2v) is 29.1. The van der Waals surface area contributed by atoms with Crippen molar-refractivity contribution < 1.29 is 60.0 Å². The van der Waals surface area contributed by atoms with E-state index in [0.717, 1.165) is 109 Å². The van der Waals surface area contributed by atoms with Crippen molar-refractivity contribution in [1.29, 1.82) is 0 Å². The maximum absolute atomic E-state index is 12.2. The largest absolute Gasteiger partial charge is 0.512 e. The fourth-order valence-corrected chi connectivity index (χ4v) is 12.5. The molecule has 2 N–H and O–H groups in total. The standard InChI is InChI=1S/C30H30N.C27H26N.2C15H28O2.2Ir/c1-18(2)11-21-15-28(22-13-19(3)12-20(4)14-22)31-29-17-27-25(16-24(21)29)23-9-7-8-10-26(23)30(27,5)6;1-18(2)12-23-17-27(24-14-19(3)13-20(4)15-24)28-26-11-10-22(16-25(23)26)21-8-6-5-7-9-21;2*1-7-14(5,8-2)12(16)11-13(17)15(6,9-3)10-4;;/h7-10,12-13,15-18H,11H2,1-6H3;5-11,13-14,16-18H,12H2,1-4H3;2*11,16H,7-10H2,1-6H3;;/q2*-1;;;;. The Labute approximate surface area is 600 Å². The Morgan fingerprint density at radius 2 is 0.863 bits per heavy atom. The zero-order chi connectivity index (χ0) is 69.0. The minimum Gasteiger partial charge on any atom is -0.512 e. The molecule has 1 aliphatic rings. The second-order valence-electron chi connectivity index (χ2n) is 29.1. The summed E-state index contributed by atoms with van der Waals surface area (Å²) in [6, 6.07) is 51.1. The van der Waals surface area contributed by atoms with E-state index in [-0.39, 0.29) is 90.4 Å². The van der Waals surface area contributed by atoms with Gasteiger partial charge >= 0.3 is 0 Å². The average molecular weight is 1630 g/mol. The number of pyridine rings is 2. The van der Waals surface area contributed by atoms with Gasteiger partial charge in [0.2, 0.25) is 0 Å². The van der Waals surface area contributed by atoms with Crippen LogP contribution in [0.5, 0.6) is 0 Å². The molecule has 0 spiro atoms. The van der Waals surface area contributed by atoms with Crippen LogP contribution in [0.2, 0.25) is 0 Å². The Morgan fingerprint density at radius 1 is 0.463 bits per heavy atom. The van der Waals surface area contributed by atoms with Crippen LogP contribution in [0.25, 0.3) is 66.6 Å². The number of rotatable bonds is 21. The van der Waals surface area contributed by atoms with Crippen LogP contribution in [0.15, 0.2) is 145 Å². The van der Waals surface area contributed by atoms with Crippen LogP contribution in [0.1, 0.15) is 221 Å². The molecule has 8 aromatic rings. The van der Waals surface area contributed by atoms with E-state index in [1.807, 2.05) is 83.1 Å². The third kappa shape index (κ3) is 19.6. The molecular formula is C87H112Ir2N2O4-2. The third-order valence-corrected chi connectivity index (χ3v) is 20.9. The number of allylic oxidation sites excluding steroid dienone is 4. The quantitative estimate of drug-likeness (QED) is 0.0422. The van der Waals surface area contributed by atoms with E-state index in [9.17, 15) is 19.8 Å². The fourth-order valence-electron chi connectivity index (χ4n) is 12.5. The first-order valence-electron chi connectivity index (χ1n) is 34.8. The molecule has 0 amide bonds. The topological polar surface area (TPSA) is 100 Å². The molecule has 0 fully saturated rings. The van der Waals surface area contributed by atoms with Gasteiger partial charge in [-0.25, -0.2) is 0 Å². The van der Waals surface area contributed by atoms with E-state index in [1.165, 1.54) is 78.6 Å². The summed E-state index contributed by atoms with van der Waals surface area (Å²) in [5.74, 6) is 1.74. The predicted octanol–water partition coefficient (Wildman–Crippen LogP) is 24.3. The van der Waals surface area contributed by atoms with Crippen LogP contribution in [0.4, 0.5) is 0 Å². The molecular weight excluding hydrogens is 1520 g/mol. The molecule has 0 saturated heterocycles. The first-order valence-corrected chi connectivity index (χ1v) is 34.8. The summed E-state index contributed by atoms with van der Waals surface area (Å²) in [7, 11) is 0. The maximum atomic E-state index is 12.2. The van der Waals surface area contributed by atoms with E-state index >= 15 is 0 Å². The summed E-state index contributed by atoms with van der Waals surface area (Å²) >= 11 is 0. The molecule has 2 radical (unpaired) electrons. The second kappa shape index (κ2) is 34.9. The van der Waals surface area contributed by atoms with Crippen LogP contribution >= 0.6 is 0 Å². The van der Waals surface area contributed by atoms with Crippen molar-refractivity contribution in [2.45, 2.75) is 222 Å². The SMILES string of the molecule is CCC(C)(CC)C(=O)C=C(O)C(C)(CC)CC.CCC(C)(CC)C(=O)C=C(O)C(C)(CC)CC.Cc1[c-]c(-c2cc(CC(C)C)c3cc(-c4ccccc4)ccc3n2)cc(C)c1.Cc1[c-]c(-c2cc(CC(C)C)c3cc4c(cc3n2)C(C)(C)c2ccccc2-4)cc(C)c1.[Ir].[Ir]. The number of carbonyl (C=O) groups excluding carboxylic acids is 2. The molecule has 95 heavy (non-hydrogen) atoms. The molecule has 1 aliphatic carbocycles. The summed E-state index contributed by atoms with van der Waals surface area (Å²) in [4.78, 5) is 34.5. The Morgan fingerprint density at radius 3 is 1.27 bits per heavy atom. The summed E-state index contributed by atoms with van der Waals surface area (Å²) in [5, 5.41) is 22.8. The summed E-state index contributed by atoms with van der Waals surface area (Å²) in [6.45, 7) is 46.4. The monoisotopic (exact) mass is 1630 g/mol. The van der Waals surface area contributed by atoms with Gasteiger partial charge in [-0.2, -0.15) is 0 Å². The number of nitrogens with zero attached hydrogens (tertiary/aromatic N) is 2. The number of hydrogen-bond acceptors (Lipinski definition) is 6. The van der Waals surface area contributed by atoms with Crippen molar-refractivity contribution in [3.05, 3.63) is 202 Å². The Balaban J connectivity index is 0.000000278. The van der Waals surface area contributed by atoms with Gasteiger partial charge in [-0.1, -0.05) is 225 Å². The van der Waals surface area contributed by atoms with Gasteiger partial charge < -0.3 is 10.2 Å². The van der Waals surface area contributed by atoms with E-state index in [2.05, 4.69) is 203 Å². The summed E-state index contributed by atoms with van der Waals surface area (Å²) in [5.41, 5.74) is 20.7. The number of aliphatic hydroxyl groups is 2. The van der Waals surface area contributed by atoms with Crippen molar-refractivity contribution in [1.82, 2.24) is 9.97 Å². The molecule has 0 saturated carbocycles. The van der Waals surface area contributed by atoms with Gasteiger partial charge in [-0.3, -0.25) is 19.6 Å². The van der Waals surface area contributed by atoms with E-state index in [0.29, 0.717) is 11.8 Å². The van der Waals surface area contributed by atoms with Gasteiger partial charge in [0.15, 0.2) is 11.6 Å². The molecule has 2 heterocycles. The third-order valence-electron chi connectivity index (χ3n) is 20.9. The minimum atomic E-state index is -0.337. The van der Waals surface area contributed by atoms with E-state index in [1.54, 1.807) is 0 Å². The number of carbonyl (C=O) groups is 2. The number of aliphatic hydroxyl groups excluding tert-OH is 2. The zero-order valence-corrected chi connectivity index (χ0v) is 66.5. The normalized spacial score (nSPS) is 12.9. The van der Waals surface area contributed by atoms with Crippen molar-refractivity contribution in [3.63, 3.8) is 0 Å². The van der Waals surface area contributed by atoms with Crippen LogP contribution in [-0.2, 0) is 68.1 Å². The summed E-state index contributed by atoms with van der Waals surface area (Å²) < 4.78 is 0. The number of benzene rings is 6. The van der Waals surface area contributed by atoms with Gasteiger partial charge in [0.1, 0.15) is 11.5 Å². The predicted molar refractivity (Wildman–Crippen MR) is 397 cm³/mol. The Kier molecular flexibility index (Phi) is 29.8. The van der Waals surface area contributed by atoms with Crippen molar-refractivity contribution in [3.8, 4) is 44.8 Å². The molecule has 0 bridgehead atoms. The zero-order valence-electron chi connectivity index (χ0n) is 61.7. The Bertz CT molecular complexity index is 3850. The fraction of sp³-hybridized carbons (Fsp3) is 0.448. The van der Waals surface area contributed by atoms with Crippen LogP contribution in [-0.4, -0.2) is 31.7 Å². The molecule has 0 atom stereocenters. The first-order chi connectivity index (χ1) is 43.8. The molecule has 514 valence electrons. The van der Waals surface area contributed by atoms with Crippen LogP contribution < -0.4 is 0 Å². The van der Waals surface area contributed by atoms with Crippen molar-refractivity contribution in [2.24, 2.45) is 33.5 Å². The summed E-state index contributed by atoms with van der Waals surface area (Å²) in [6.07, 6.45) is 11.6. The first kappa shape index (κ1) is 81.3. The molecule has 6 aromatic carbocycles. The maximum Gasteiger partial charge on any atom is 0.164 e. The number of ketones is 2. The van der Waals surface area contributed by atoms with Gasteiger partial charge in [0.05, 0.1) is 11.0 Å². The molecule has 9 rings (SSSR count). The molecule has 2 aromatic heterocycles. The molecule has 0 aliphatic heterocycles. The van der Waals surface area contributed by atoms with Gasteiger partial charge in [0, 0.05) is 90.2 Å². The van der Waals surface area contributed by atoms with Gasteiger partial charge in [-0.15, -0.1) is 69.8 Å².